The van der Waals surface area contributed by atoms with Gasteiger partial charge in [-0.05, 0) is 6.92 Å². The summed E-state index contributed by atoms with van der Waals surface area (Å²) in [6.45, 7) is 1.86. The lowest BCUT2D eigenvalue weighted by Gasteiger charge is -2.12. The quantitative estimate of drug-likeness (QED) is 0.627. The van der Waals surface area contributed by atoms with Crippen molar-refractivity contribution in [1.82, 2.24) is 14.9 Å². The van der Waals surface area contributed by atoms with E-state index in [2.05, 4.69) is 9.97 Å². The average Bonchev–Trinajstić information content (AvgIpc) is 2.54. The zero-order valence-corrected chi connectivity index (χ0v) is 13.2. The van der Waals surface area contributed by atoms with E-state index in [1.54, 1.807) is 6.08 Å². The number of carbonyl (C=O) groups is 1. The molecule has 2 rings (SSSR count). The van der Waals surface area contributed by atoms with Gasteiger partial charge in [-0.25, -0.2) is 4.98 Å². The van der Waals surface area contributed by atoms with Crippen LogP contribution in [-0.4, -0.2) is 41.9 Å². The summed E-state index contributed by atoms with van der Waals surface area (Å²) in [5.74, 6) is 0.631. The fraction of sp³-hybridized carbons (Fsp3) is 0.235. The Labute approximate surface area is 130 Å². The second-order valence-corrected chi connectivity index (χ2v) is 5.03. The summed E-state index contributed by atoms with van der Waals surface area (Å²) < 4.78 is 5.26. The number of methoxy groups -OCH3 is 1. The van der Waals surface area contributed by atoms with Crippen LogP contribution in [0.25, 0.3) is 11.4 Å². The van der Waals surface area contributed by atoms with Gasteiger partial charge >= 0.3 is 0 Å². The fourth-order valence-corrected chi connectivity index (χ4v) is 1.81. The van der Waals surface area contributed by atoms with Gasteiger partial charge in [0.25, 0.3) is 0 Å². The first kappa shape index (κ1) is 15.7. The molecule has 0 atom stereocenters. The maximum Gasteiger partial charge on any atom is 0.228 e. The highest BCUT2D eigenvalue weighted by Crippen LogP contribution is 2.21. The molecule has 0 aliphatic rings. The van der Waals surface area contributed by atoms with E-state index >= 15 is 0 Å². The summed E-state index contributed by atoms with van der Waals surface area (Å²) in [4.78, 5) is 22.8. The minimum atomic E-state index is -0.178. The molecular formula is C17H19N3O2. The lowest BCUT2D eigenvalue weighted by Crippen LogP contribution is -2.11. The maximum atomic E-state index is 12.3. The fourth-order valence-electron chi connectivity index (χ4n) is 1.81. The van der Waals surface area contributed by atoms with Crippen molar-refractivity contribution >= 4 is 5.78 Å². The molecule has 5 nitrogen and oxygen atoms in total. The highest BCUT2D eigenvalue weighted by atomic mass is 16.5. The van der Waals surface area contributed by atoms with Gasteiger partial charge in [0, 0.05) is 37.6 Å². The molecule has 0 bridgehead atoms. The Morgan fingerprint density at radius 2 is 1.91 bits per heavy atom. The summed E-state index contributed by atoms with van der Waals surface area (Å²) in [5, 5.41) is 0. The normalized spacial score (nSPS) is 11.2. The highest BCUT2D eigenvalue weighted by molar-refractivity contribution is 6.06. The lowest BCUT2D eigenvalue weighted by atomic mass is 10.1. The van der Waals surface area contributed by atoms with E-state index in [1.807, 2.05) is 56.3 Å². The second kappa shape index (κ2) is 6.85. The van der Waals surface area contributed by atoms with E-state index in [0.29, 0.717) is 11.4 Å². The number of ketones is 1. The second-order valence-electron chi connectivity index (χ2n) is 5.03. The molecule has 1 heterocycles. The topological polar surface area (TPSA) is 55.3 Å². The zero-order chi connectivity index (χ0) is 16.1. The first-order chi connectivity index (χ1) is 10.5. The van der Waals surface area contributed by atoms with Crippen LogP contribution in [0, 0.1) is 0 Å². The molecule has 0 saturated heterocycles. The molecule has 0 saturated carbocycles. The molecule has 1 aromatic heterocycles. The van der Waals surface area contributed by atoms with Gasteiger partial charge in [-0.2, -0.15) is 4.98 Å². The lowest BCUT2D eigenvalue weighted by molar-refractivity contribution is 0.104. The molecule has 0 fully saturated rings. The van der Waals surface area contributed by atoms with Crippen LogP contribution in [0.3, 0.4) is 0 Å². The third-order valence-electron chi connectivity index (χ3n) is 3.29. The zero-order valence-electron chi connectivity index (χ0n) is 13.2. The number of allylic oxidation sites excluding steroid dienone is 2. The van der Waals surface area contributed by atoms with Crippen LogP contribution in [-0.2, 0) is 0 Å². The van der Waals surface area contributed by atoms with E-state index in [0.717, 1.165) is 11.3 Å². The van der Waals surface area contributed by atoms with Crippen LogP contribution in [0.5, 0.6) is 5.88 Å². The highest BCUT2D eigenvalue weighted by Gasteiger charge is 2.15. The molecule has 5 heteroatoms. The van der Waals surface area contributed by atoms with Crippen molar-refractivity contribution in [3.8, 4) is 17.3 Å². The van der Waals surface area contributed by atoms with Crippen LogP contribution in [0.1, 0.15) is 17.3 Å². The first-order valence-electron chi connectivity index (χ1n) is 6.89. The molecule has 0 aliphatic carbocycles. The Kier molecular flexibility index (Phi) is 4.88. The molecule has 0 spiro atoms. The van der Waals surface area contributed by atoms with Gasteiger partial charge in [-0.1, -0.05) is 30.3 Å². The van der Waals surface area contributed by atoms with Gasteiger partial charge in [0.1, 0.15) is 5.56 Å². The van der Waals surface area contributed by atoms with Crippen LogP contribution in [0.15, 0.2) is 48.3 Å². The number of hydrogen-bond acceptors (Lipinski definition) is 5. The van der Waals surface area contributed by atoms with Crippen molar-refractivity contribution in [1.29, 1.82) is 0 Å². The predicted molar refractivity (Wildman–Crippen MR) is 85.8 cm³/mol. The standard InChI is InChI=1S/C17H19N3O2/c1-12(20(2)3)10-15(21)14-11-18-16(19-17(14)22-4)13-8-6-5-7-9-13/h5-11H,1-4H3. The summed E-state index contributed by atoms with van der Waals surface area (Å²) in [6.07, 6.45) is 3.05. The van der Waals surface area contributed by atoms with E-state index < -0.39 is 0 Å². The van der Waals surface area contributed by atoms with Crippen LogP contribution >= 0.6 is 0 Å². The maximum absolute atomic E-state index is 12.3. The van der Waals surface area contributed by atoms with Crippen LogP contribution in [0.2, 0.25) is 0 Å². The van der Waals surface area contributed by atoms with Crippen LogP contribution in [0.4, 0.5) is 0 Å². The van der Waals surface area contributed by atoms with Crippen molar-refractivity contribution in [2.24, 2.45) is 0 Å². The number of nitrogens with zero attached hydrogens (tertiary/aromatic N) is 3. The molecule has 0 N–H and O–H groups in total. The molecule has 0 unspecified atom stereocenters. The molecule has 114 valence electrons. The van der Waals surface area contributed by atoms with Gasteiger partial charge in [-0.3, -0.25) is 4.79 Å². The van der Waals surface area contributed by atoms with Crippen molar-refractivity contribution in [2.75, 3.05) is 21.2 Å². The van der Waals surface area contributed by atoms with E-state index in [9.17, 15) is 4.79 Å². The SMILES string of the molecule is COc1nc(-c2ccccc2)ncc1C(=O)C=C(C)N(C)C. The number of carbonyl (C=O) groups excluding carboxylic acids is 1. The Morgan fingerprint density at radius 1 is 1.23 bits per heavy atom. The van der Waals surface area contributed by atoms with E-state index in [-0.39, 0.29) is 11.7 Å². The van der Waals surface area contributed by atoms with Crippen molar-refractivity contribution < 1.29 is 9.53 Å². The molecule has 0 radical (unpaired) electrons. The number of benzene rings is 1. The van der Waals surface area contributed by atoms with Gasteiger partial charge in [-0.15, -0.1) is 0 Å². The Hall–Kier alpha value is -2.69. The summed E-state index contributed by atoms with van der Waals surface area (Å²) in [6, 6.07) is 9.56. The van der Waals surface area contributed by atoms with Gasteiger partial charge in [0.05, 0.1) is 7.11 Å². The minimum absolute atomic E-state index is 0.178. The van der Waals surface area contributed by atoms with Crippen molar-refractivity contribution in [2.45, 2.75) is 6.92 Å². The number of hydrogen-bond donors (Lipinski definition) is 0. The molecule has 0 aliphatic heterocycles. The summed E-state index contributed by atoms with van der Waals surface area (Å²) >= 11 is 0. The minimum Gasteiger partial charge on any atom is -0.480 e. The third-order valence-corrected chi connectivity index (χ3v) is 3.29. The molecule has 2 aromatic rings. The molecular weight excluding hydrogens is 278 g/mol. The first-order valence-corrected chi connectivity index (χ1v) is 6.89. The Morgan fingerprint density at radius 3 is 2.50 bits per heavy atom. The predicted octanol–water partition coefficient (Wildman–Crippen LogP) is 2.80. The largest absolute Gasteiger partial charge is 0.480 e. The number of aromatic nitrogens is 2. The Bertz CT molecular complexity index is 694. The smallest absolute Gasteiger partial charge is 0.228 e. The molecule has 0 amide bonds. The summed E-state index contributed by atoms with van der Waals surface area (Å²) in [7, 11) is 5.26. The monoisotopic (exact) mass is 297 g/mol. The average molecular weight is 297 g/mol. The van der Waals surface area contributed by atoms with Crippen molar-refractivity contribution in [3.05, 3.63) is 53.9 Å². The van der Waals surface area contributed by atoms with E-state index in [4.69, 9.17) is 4.74 Å². The van der Waals surface area contributed by atoms with Gasteiger partial charge < -0.3 is 9.64 Å². The van der Waals surface area contributed by atoms with Gasteiger partial charge in [0.15, 0.2) is 11.6 Å². The molecule has 22 heavy (non-hydrogen) atoms. The van der Waals surface area contributed by atoms with E-state index in [1.165, 1.54) is 13.3 Å². The Balaban J connectivity index is 2.39. The third kappa shape index (κ3) is 3.49. The van der Waals surface area contributed by atoms with Crippen LogP contribution < -0.4 is 4.74 Å². The van der Waals surface area contributed by atoms with Gasteiger partial charge in [0.2, 0.25) is 5.88 Å². The molecule has 1 aromatic carbocycles. The number of rotatable bonds is 5. The van der Waals surface area contributed by atoms with Crippen molar-refractivity contribution in [3.63, 3.8) is 0 Å². The summed E-state index contributed by atoms with van der Waals surface area (Å²) in [5.41, 5.74) is 2.07. The number of ether oxygens (including phenoxy) is 1.